The van der Waals surface area contributed by atoms with Crippen LogP contribution in [0, 0.1) is 13.8 Å². The number of nitrogens with zero attached hydrogens (tertiary/aromatic N) is 1. The van der Waals surface area contributed by atoms with E-state index in [4.69, 9.17) is 4.74 Å². The topological polar surface area (TPSA) is 41.6 Å². The van der Waals surface area contributed by atoms with E-state index >= 15 is 0 Å². The van der Waals surface area contributed by atoms with Crippen molar-refractivity contribution in [2.45, 2.75) is 32.7 Å². The van der Waals surface area contributed by atoms with Crippen LogP contribution in [-0.2, 0) is 4.74 Å². The lowest BCUT2D eigenvalue weighted by molar-refractivity contribution is 0.0678. The zero-order valence-electron chi connectivity index (χ0n) is 13.3. The Bertz CT molecular complexity index is 482. The molecule has 1 saturated heterocycles. The number of benzene rings is 1. The molecule has 116 valence electrons. The van der Waals surface area contributed by atoms with Crippen molar-refractivity contribution >= 4 is 5.91 Å². The number of hydrogen-bond donors (Lipinski definition) is 1. The van der Waals surface area contributed by atoms with Gasteiger partial charge in [0.15, 0.2) is 0 Å². The van der Waals surface area contributed by atoms with Crippen LogP contribution in [0.4, 0.5) is 0 Å². The molecule has 1 aliphatic heterocycles. The largest absolute Gasteiger partial charge is 0.383 e. The fraction of sp³-hybridized carbons (Fsp3) is 0.588. The Morgan fingerprint density at radius 1 is 1.43 bits per heavy atom. The van der Waals surface area contributed by atoms with Gasteiger partial charge in [-0.1, -0.05) is 17.7 Å². The maximum absolute atomic E-state index is 12.8. The molecule has 1 unspecified atom stereocenters. The van der Waals surface area contributed by atoms with E-state index in [1.165, 1.54) is 12.0 Å². The molecule has 1 heterocycles. The molecule has 1 amide bonds. The minimum absolute atomic E-state index is 0.109. The highest BCUT2D eigenvalue weighted by molar-refractivity contribution is 5.95. The predicted octanol–water partition coefficient (Wildman–Crippen LogP) is 2.14. The van der Waals surface area contributed by atoms with Gasteiger partial charge in [-0.05, 0) is 44.9 Å². The minimum atomic E-state index is 0.109. The van der Waals surface area contributed by atoms with Crippen LogP contribution in [0.3, 0.4) is 0 Å². The third-order valence-corrected chi connectivity index (χ3v) is 4.07. The Balaban J connectivity index is 2.11. The van der Waals surface area contributed by atoms with E-state index in [0.717, 1.165) is 30.6 Å². The van der Waals surface area contributed by atoms with Gasteiger partial charge in [-0.15, -0.1) is 0 Å². The number of amides is 1. The Morgan fingerprint density at radius 2 is 2.24 bits per heavy atom. The van der Waals surface area contributed by atoms with Crippen LogP contribution in [0.5, 0.6) is 0 Å². The van der Waals surface area contributed by atoms with Crippen LogP contribution in [0.2, 0.25) is 0 Å². The van der Waals surface area contributed by atoms with Crippen LogP contribution in [0.25, 0.3) is 0 Å². The van der Waals surface area contributed by atoms with Gasteiger partial charge in [-0.3, -0.25) is 4.79 Å². The Labute approximate surface area is 127 Å². The van der Waals surface area contributed by atoms with E-state index < -0.39 is 0 Å². The van der Waals surface area contributed by atoms with Gasteiger partial charge in [-0.25, -0.2) is 0 Å². The van der Waals surface area contributed by atoms with Crippen molar-refractivity contribution in [3.05, 3.63) is 34.9 Å². The summed E-state index contributed by atoms with van der Waals surface area (Å²) in [6.07, 6.45) is 2.34. The highest BCUT2D eigenvalue weighted by atomic mass is 16.5. The molecule has 0 aliphatic carbocycles. The molecule has 2 rings (SSSR count). The first-order chi connectivity index (χ1) is 10.1. The number of carbonyl (C=O) groups is 1. The lowest BCUT2D eigenvalue weighted by Crippen LogP contribution is -2.42. The second kappa shape index (κ2) is 7.57. The standard InChI is InChI=1S/C17H26N2O2/c1-13-6-7-16(14(2)11-13)17(20)19(9-10-21-3)12-15-5-4-8-18-15/h6-7,11,15,18H,4-5,8-10,12H2,1-3H3. The molecular formula is C17H26N2O2. The fourth-order valence-corrected chi connectivity index (χ4v) is 2.88. The maximum Gasteiger partial charge on any atom is 0.254 e. The van der Waals surface area contributed by atoms with Gasteiger partial charge in [0.05, 0.1) is 6.61 Å². The summed E-state index contributed by atoms with van der Waals surface area (Å²) in [5.41, 5.74) is 3.03. The number of hydrogen-bond acceptors (Lipinski definition) is 3. The van der Waals surface area contributed by atoms with Gasteiger partial charge in [0.1, 0.15) is 0 Å². The molecule has 1 fully saturated rings. The van der Waals surface area contributed by atoms with Crippen molar-refractivity contribution in [1.29, 1.82) is 0 Å². The SMILES string of the molecule is COCCN(CC1CCCN1)C(=O)c1ccc(C)cc1C. The molecular weight excluding hydrogens is 264 g/mol. The number of ether oxygens (including phenoxy) is 1. The molecule has 4 nitrogen and oxygen atoms in total. The molecule has 0 aromatic heterocycles. The van der Waals surface area contributed by atoms with E-state index in [1.54, 1.807) is 7.11 Å². The Kier molecular flexibility index (Phi) is 5.76. The first-order valence-electron chi connectivity index (χ1n) is 7.70. The molecule has 4 heteroatoms. The van der Waals surface area contributed by atoms with Crippen molar-refractivity contribution in [2.75, 3.05) is 33.4 Å². The number of nitrogens with one attached hydrogen (secondary N) is 1. The van der Waals surface area contributed by atoms with E-state index in [9.17, 15) is 4.79 Å². The molecule has 1 N–H and O–H groups in total. The summed E-state index contributed by atoms with van der Waals surface area (Å²) in [4.78, 5) is 14.7. The molecule has 0 radical (unpaired) electrons. The first kappa shape index (κ1) is 16.0. The lowest BCUT2D eigenvalue weighted by atomic mass is 10.0. The third-order valence-electron chi connectivity index (χ3n) is 4.07. The second-order valence-corrected chi connectivity index (χ2v) is 5.86. The maximum atomic E-state index is 12.8. The summed E-state index contributed by atoms with van der Waals surface area (Å²) in [7, 11) is 1.67. The zero-order chi connectivity index (χ0) is 15.2. The van der Waals surface area contributed by atoms with Crippen LogP contribution in [-0.4, -0.2) is 50.2 Å². The third kappa shape index (κ3) is 4.29. The van der Waals surface area contributed by atoms with Gasteiger partial charge >= 0.3 is 0 Å². The molecule has 0 bridgehead atoms. The van der Waals surface area contributed by atoms with Crippen molar-refractivity contribution < 1.29 is 9.53 Å². The second-order valence-electron chi connectivity index (χ2n) is 5.86. The number of methoxy groups -OCH3 is 1. The Hall–Kier alpha value is -1.39. The van der Waals surface area contributed by atoms with Crippen LogP contribution in [0.1, 0.15) is 34.3 Å². The van der Waals surface area contributed by atoms with E-state index in [1.807, 2.05) is 30.9 Å². The van der Waals surface area contributed by atoms with E-state index in [0.29, 0.717) is 19.2 Å². The Morgan fingerprint density at radius 3 is 2.86 bits per heavy atom. The first-order valence-corrected chi connectivity index (χ1v) is 7.70. The van der Waals surface area contributed by atoms with Crippen LogP contribution < -0.4 is 5.32 Å². The van der Waals surface area contributed by atoms with E-state index in [2.05, 4.69) is 11.4 Å². The summed E-state index contributed by atoms with van der Waals surface area (Å²) >= 11 is 0. The van der Waals surface area contributed by atoms with Crippen LogP contribution in [0.15, 0.2) is 18.2 Å². The molecule has 1 aromatic carbocycles. The highest BCUT2D eigenvalue weighted by Gasteiger charge is 2.23. The number of rotatable bonds is 6. The number of carbonyl (C=O) groups excluding carboxylic acids is 1. The fourth-order valence-electron chi connectivity index (χ4n) is 2.88. The summed E-state index contributed by atoms with van der Waals surface area (Å²) in [6, 6.07) is 6.42. The van der Waals surface area contributed by atoms with Gasteiger partial charge < -0.3 is 15.0 Å². The minimum Gasteiger partial charge on any atom is -0.383 e. The van der Waals surface area contributed by atoms with Gasteiger partial charge in [-0.2, -0.15) is 0 Å². The molecule has 21 heavy (non-hydrogen) atoms. The summed E-state index contributed by atoms with van der Waals surface area (Å²) in [5, 5.41) is 3.46. The normalized spacial score (nSPS) is 18.0. The van der Waals surface area contributed by atoms with Crippen LogP contribution >= 0.6 is 0 Å². The number of aryl methyl sites for hydroxylation is 2. The van der Waals surface area contributed by atoms with Gasteiger partial charge in [0, 0.05) is 31.8 Å². The quantitative estimate of drug-likeness (QED) is 0.873. The van der Waals surface area contributed by atoms with Gasteiger partial charge in [0.25, 0.3) is 5.91 Å². The molecule has 1 atom stereocenters. The lowest BCUT2D eigenvalue weighted by Gasteiger charge is -2.26. The monoisotopic (exact) mass is 290 g/mol. The summed E-state index contributed by atoms with van der Waals surface area (Å²) in [6.45, 7) is 7.08. The average Bonchev–Trinajstić information content (AvgIpc) is 2.95. The van der Waals surface area contributed by atoms with Crippen molar-refractivity contribution in [2.24, 2.45) is 0 Å². The molecule has 1 aromatic rings. The molecule has 0 saturated carbocycles. The summed E-state index contributed by atoms with van der Waals surface area (Å²) < 4.78 is 5.16. The average molecular weight is 290 g/mol. The predicted molar refractivity (Wildman–Crippen MR) is 84.7 cm³/mol. The highest BCUT2D eigenvalue weighted by Crippen LogP contribution is 2.15. The van der Waals surface area contributed by atoms with Crippen molar-refractivity contribution in [1.82, 2.24) is 10.2 Å². The van der Waals surface area contributed by atoms with Crippen molar-refractivity contribution in [3.63, 3.8) is 0 Å². The smallest absolute Gasteiger partial charge is 0.254 e. The summed E-state index contributed by atoms with van der Waals surface area (Å²) in [5.74, 6) is 0.109. The molecule has 1 aliphatic rings. The van der Waals surface area contributed by atoms with Gasteiger partial charge in [0.2, 0.25) is 0 Å². The molecule has 0 spiro atoms. The zero-order valence-corrected chi connectivity index (χ0v) is 13.3. The van der Waals surface area contributed by atoms with E-state index in [-0.39, 0.29) is 5.91 Å². The van der Waals surface area contributed by atoms with Crippen molar-refractivity contribution in [3.8, 4) is 0 Å².